The quantitative estimate of drug-likeness (QED) is 0.871. The van der Waals surface area contributed by atoms with E-state index in [1.807, 2.05) is 0 Å². The van der Waals surface area contributed by atoms with E-state index >= 15 is 0 Å². The number of hydrogen-bond donors (Lipinski definition) is 1. The second-order valence-corrected chi connectivity index (χ2v) is 6.47. The van der Waals surface area contributed by atoms with Gasteiger partial charge in [0.05, 0.1) is 11.3 Å². The van der Waals surface area contributed by atoms with Crippen LogP contribution in [0.25, 0.3) is 11.3 Å². The number of aromatic nitrogens is 2. The van der Waals surface area contributed by atoms with Gasteiger partial charge in [-0.1, -0.05) is 0 Å². The number of pyridine rings is 2. The van der Waals surface area contributed by atoms with Gasteiger partial charge in [-0.15, -0.1) is 0 Å². The summed E-state index contributed by atoms with van der Waals surface area (Å²) in [5.74, 6) is 0.559. The number of fused-ring (bicyclic) bond motifs is 4. The lowest BCUT2D eigenvalue weighted by Gasteiger charge is -2.37. The van der Waals surface area contributed by atoms with Gasteiger partial charge in [-0.3, -0.25) is 9.78 Å². The van der Waals surface area contributed by atoms with E-state index in [2.05, 4.69) is 10.3 Å². The molecular weight excluding hydrogens is 319 g/mol. The second-order valence-electron chi connectivity index (χ2n) is 6.47. The van der Waals surface area contributed by atoms with E-state index < -0.39 is 11.7 Å². The van der Waals surface area contributed by atoms with E-state index in [1.54, 1.807) is 10.6 Å². The van der Waals surface area contributed by atoms with Gasteiger partial charge in [0.15, 0.2) is 0 Å². The fraction of sp³-hybridized carbons (Fsp3) is 0.412. The second kappa shape index (κ2) is 5.44. The minimum Gasteiger partial charge on any atom is -0.316 e. The van der Waals surface area contributed by atoms with Crippen molar-refractivity contribution in [3.63, 3.8) is 0 Å². The number of nitrogens with one attached hydrogen (secondary N) is 1. The maximum absolute atomic E-state index is 13.2. The topological polar surface area (TPSA) is 46.9 Å². The van der Waals surface area contributed by atoms with Crippen LogP contribution in [0, 0.1) is 5.92 Å². The normalized spacial score (nSPS) is 23.0. The predicted molar refractivity (Wildman–Crippen MR) is 82.7 cm³/mol. The molecule has 0 amide bonds. The third-order valence-corrected chi connectivity index (χ3v) is 4.85. The maximum Gasteiger partial charge on any atom is 0.418 e. The molecule has 0 saturated carbocycles. The number of rotatable bonds is 1. The number of nitrogens with zero attached hydrogens (tertiary/aromatic N) is 2. The molecule has 4 heterocycles. The summed E-state index contributed by atoms with van der Waals surface area (Å²) in [5.41, 5.74) is -0.206. The van der Waals surface area contributed by atoms with Crippen LogP contribution < -0.4 is 10.9 Å². The minimum atomic E-state index is -4.51. The number of halogens is 3. The van der Waals surface area contributed by atoms with Gasteiger partial charge < -0.3 is 9.88 Å². The Kier molecular flexibility index (Phi) is 3.49. The molecule has 1 N–H and O–H groups in total. The van der Waals surface area contributed by atoms with Crippen molar-refractivity contribution < 1.29 is 13.2 Å². The van der Waals surface area contributed by atoms with Gasteiger partial charge in [-0.25, -0.2) is 0 Å². The zero-order valence-electron chi connectivity index (χ0n) is 12.8. The number of piperidine rings is 1. The summed E-state index contributed by atoms with van der Waals surface area (Å²) in [6.07, 6.45) is -2.22. The summed E-state index contributed by atoms with van der Waals surface area (Å²) in [6, 6.07) is 5.23. The Labute approximate surface area is 136 Å². The van der Waals surface area contributed by atoms with E-state index in [1.165, 1.54) is 18.3 Å². The van der Waals surface area contributed by atoms with Gasteiger partial charge in [0, 0.05) is 42.5 Å². The van der Waals surface area contributed by atoms with E-state index in [-0.39, 0.29) is 22.7 Å². The average molecular weight is 335 g/mol. The number of hydrogen-bond acceptors (Lipinski definition) is 3. The summed E-state index contributed by atoms with van der Waals surface area (Å²) < 4.78 is 41.4. The summed E-state index contributed by atoms with van der Waals surface area (Å²) >= 11 is 0. The molecule has 4 rings (SSSR count). The summed E-state index contributed by atoms with van der Waals surface area (Å²) in [6.45, 7) is 2.24. The standard InChI is InChI=1S/C17H16F3N3O/c18-17(19,20)13-2-1-3-22-16(13)11-5-14-12-4-10(7-21-8-12)9-23(14)15(24)6-11/h1-3,5-6,10,12,21H,4,7-9H2/t10-,12+/m0/s1. The van der Waals surface area contributed by atoms with E-state index in [0.29, 0.717) is 12.5 Å². The van der Waals surface area contributed by atoms with Gasteiger partial charge in [-0.05, 0) is 37.1 Å². The van der Waals surface area contributed by atoms with Gasteiger partial charge in [-0.2, -0.15) is 13.2 Å². The Morgan fingerprint density at radius 1 is 1.25 bits per heavy atom. The molecule has 7 heteroatoms. The van der Waals surface area contributed by atoms with Crippen molar-refractivity contribution >= 4 is 0 Å². The monoisotopic (exact) mass is 335 g/mol. The number of alkyl halides is 3. The van der Waals surface area contributed by atoms with Crippen molar-refractivity contribution in [1.29, 1.82) is 0 Å². The molecule has 0 radical (unpaired) electrons. The fourth-order valence-corrected chi connectivity index (χ4v) is 3.80. The molecule has 1 saturated heterocycles. The third-order valence-electron chi connectivity index (χ3n) is 4.85. The highest BCUT2D eigenvalue weighted by Crippen LogP contribution is 2.37. The molecule has 2 atom stereocenters. The predicted octanol–water partition coefficient (Wildman–Crippen LogP) is 2.64. The highest BCUT2D eigenvalue weighted by atomic mass is 19.4. The van der Waals surface area contributed by atoms with Crippen LogP contribution in [0.1, 0.15) is 23.6 Å². The molecule has 2 bridgehead atoms. The van der Waals surface area contributed by atoms with E-state index in [0.717, 1.165) is 31.3 Å². The minimum absolute atomic E-state index is 0.156. The SMILES string of the molecule is O=c1cc(-c2ncccc2C(F)(F)F)cc2n1C[C@@H]1CNC[C@H]2C1. The van der Waals surface area contributed by atoms with Gasteiger partial charge >= 0.3 is 6.18 Å². The molecule has 0 spiro atoms. The van der Waals surface area contributed by atoms with Crippen molar-refractivity contribution in [2.75, 3.05) is 13.1 Å². The van der Waals surface area contributed by atoms with Crippen LogP contribution in [0.3, 0.4) is 0 Å². The van der Waals surface area contributed by atoms with E-state index in [4.69, 9.17) is 0 Å². The first-order valence-electron chi connectivity index (χ1n) is 7.91. The molecule has 4 nitrogen and oxygen atoms in total. The molecular formula is C17H16F3N3O. The lowest BCUT2D eigenvalue weighted by atomic mass is 9.83. The van der Waals surface area contributed by atoms with Crippen LogP contribution in [0.15, 0.2) is 35.3 Å². The van der Waals surface area contributed by atoms with Crippen LogP contribution in [0.4, 0.5) is 13.2 Å². The van der Waals surface area contributed by atoms with Crippen LogP contribution in [0.2, 0.25) is 0 Å². The Bertz CT molecular complexity index is 844. The average Bonchev–Trinajstić information content (AvgIpc) is 2.55. The van der Waals surface area contributed by atoms with Crippen LogP contribution in [-0.2, 0) is 12.7 Å². The maximum atomic E-state index is 13.2. The van der Waals surface area contributed by atoms with Gasteiger partial charge in [0.2, 0.25) is 0 Å². The Morgan fingerprint density at radius 3 is 2.88 bits per heavy atom. The molecule has 1 fully saturated rings. The molecule has 0 aromatic carbocycles. The summed E-state index contributed by atoms with van der Waals surface area (Å²) in [4.78, 5) is 16.4. The fourth-order valence-electron chi connectivity index (χ4n) is 3.80. The lowest BCUT2D eigenvalue weighted by molar-refractivity contribution is -0.137. The molecule has 2 aliphatic heterocycles. The first-order valence-corrected chi connectivity index (χ1v) is 7.91. The molecule has 126 valence electrons. The lowest BCUT2D eigenvalue weighted by Crippen LogP contribution is -2.44. The van der Waals surface area contributed by atoms with Gasteiger partial charge in [0.25, 0.3) is 5.56 Å². The smallest absolute Gasteiger partial charge is 0.316 e. The Hall–Kier alpha value is -2.15. The molecule has 0 aliphatic carbocycles. The highest BCUT2D eigenvalue weighted by Gasteiger charge is 2.35. The zero-order valence-corrected chi connectivity index (χ0v) is 12.8. The molecule has 2 aromatic heterocycles. The Morgan fingerprint density at radius 2 is 2.08 bits per heavy atom. The van der Waals surface area contributed by atoms with Crippen molar-refractivity contribution in [3.8, 4) is 11.3 Å². The Balaban J connectivity index is 1.88. The summed E-state index contributed by atoms with van der Waals surface area (Å²) in [5, 5.41) is 3.33. The summed E-state index contributed by atoms with van der Waals surface area (Å²) in [7, 11) is 0. The third kappa shape index (κ3) is 2.53. The van der Waals surface area contributed by atoms with Gasteiger partial charge in [0.1, 0.15) is 0 Å². The zero-order chi connectivity index (χ0) is 16.9. The molecule has 24 heavy (non-hydrogen) atoms. The van der Waals surface area contributed by atoms with Crippen molar-refractivity contribution in [2.24, 2.45) is 5.92 Å². The van der Waals surface area contributed by atoms with Crippen molar-refractivity contribution in [1.82, 2.24) is 14.9 Å². The molecule has 2 aliphatic rings. The first kappa shape index (κ1) is 15.4. The molecule has 0 unspecified atom stereocenters. The molecule has 2 aromatic rings. The first-order chi connectivity index (χ1) is 11.4. The van der Waals surface area contributed by atoms with Crippen LogP contribution in [-0.4, -0.2) is 22.6 Å². The van der Waals surface area contributed by atoms with Crippen LogP contribution >= 0.6 is 0 Å². The highest BCUT2D eigenvalue weighted by molar-refractivity contribution is 5.64. The largest absolute Gasteiger partial charge is 0.418 e. The van der Waals surface area contributed by atoms with Crippen molar-refractivity contribution in [2.45, 2.75) is 25.1 Å². The van der Waals surface area contributed by atoms with E-state index in [9.17, 15) is 18.0 Å². The van der Waals surface area contributed by atoms with Crippen LogP contribution in [0.5, 0.6) is 0 Å². The van der Waals surface area contributed by atoms with Crippen molar-refractivity contribution in [3.05, 3.63) is 52.1 Å².